The fourth-order valence-electron chi connectivity index (χ4n) is 1.49. The first-order chi connectivity index (χ1) is 8.66. The first-order valence-electron chi connectivity index (χ1n) is 5.29. The van der Waals surface area contributed by atoms with Crippen molar-refractivity contribution < 1.29 is 10.0 Å². The molecule has 7 heteroatoms. The monoisotopic (exact) mass is 284 g/mol. The van der Waals surface area contributed by atoms with Gasteiger partial charge in [-0.15, -0.1) is 0 Å². The van der Waals surface area contributed by atoms with E-state index in [0.29, 0.717) is 13.1 Å². The van der Waals surface area contributed by atoms with Gasteiger partial charge >= 0.3 is 5.00 Å². The highest BCUT2D eigenvalue weighted by molar-refractivity contribution is 7.13. The van der Waals surface area contributed by atoms with Gasteiger partial charge < -0.3 is 10.4 Å². The minimum atomic E-state index is -0.537. The Labute approximate surface area is 112 Å². The van der Waals surface area contributed by atoms with Crippen molar-refractivity contribution in [1.29, 1.82) is 0 Å². The summed E-state index contributed by atoms with van der Waals surface area (Å²) in [7, 11) is 0. The van der Waals surface area contributed by atoms with Gasteiger partial charge in [0.25, 0.3) is 0 Å². The number of hydrogen-bond donors (Lipinski definition) is 2. The topological polar surface area (TPSA) is 75.4 Å². The van der Waals surface area contributed by atoms with Gasteiger partial charge in [0.15, 0.2) is 0 Å². The summed E-state index contributed by atoms with van der Waals surface area (Å²) in [4.78, 5) is 10.1. The zero-order chi connectivity index (χ0) is 13.0. The Hall–Kier alpha value is -1.28. The van der Waals surface area contributed by atoms with Crippen molar-refractivity contribution in [3.8, 4) is 0 Å². The Morgan fingerprint density at radius 1 is 1.50 bits per heavy atom. The normalized spacial score (nSPS) is 12.5. The molecule has 0 saturated carbocycles. The van der Waals surface area contributed by atoms with Crippen LogP contribution >= 0.6 is 22.7 Å². The van der Waals surface area contributed by atoms with Crippen LogP contribution in [-0.2, 0) is 6.54 Å². The van der Waals surface area contributed by atoms with E-state index >= 15 is 0 Å². The third kappa shape index (κ3) is 3.36. The van der Waals surface area contributed by atoms with Crippen LogP contribution in [0.5, 0.6) is 0 Å². The number of thiophene rings is 2. The molecule has 0 bridgehead atoms. The number of hydrogen-bond acceptors (Lipinski definition) is 6. The average molecular weight is 284 g/mol. The molecule has 2 aromatic heterocycles. The Morgan fingerprint density at radius 3 is 2.94 bits per heavy atom. The van der Waals surface area contributed by atoms with Gasteiger partial charge in [0.05, 0.1) is 11.0 Å². The third-order valence-electron chi connectivity index (χ3n) is 2.41. The lowest BCUT2D eigenvalue weighted by atomic mass is 10.2. The van der Waals surface area contributed by atoms with E-state index in [1.165, 1.54) is 0 Å². The molecule has 96 valence electrons. The summed E-state index contributed by atoms with van der Waals surface area (Å²) in [5, 5.41) is 29.1. The van der Waals surface area contributed by atoms with Crippen LogP contribution in [0.1, 0.15) is 17.2 Å². The van der Waals surface area contributed by atoms with Gasteiger partial charge in [-0.2, -0.15) is 11.3 Å². The van der Waals surface area contributed by atoms with Gasteiger partial charge in [-0.05, 0) is 28.0 Å². The van der Waals surface area contributed by atoms with Gasteiger partial charge in [0, 0.05) is 24.5 Å². The highest BCUT2D eigenvalue weighted by atomic mass is 32.1. The summed E-state index contributed by atoms with van der Waals surface area (Å²) in [5.41, 5.74) is 1.76. The Kier molecular flexibility index (Phi) is 4.43. The molecule has 0 fully saturated rings. The SMILES string of the molecule is O=[N+]([O-])c1cc(CNCC(O)c2ccsc2)cs1. The van der Waals surface area contributed by atoms with Crippen molar-refractivity contribution in [3.63, 3.8) is 0 Å². The zero-order valence-corrected chi connectivity index (χ0v) is 11.0. The Morgan fingerprint density at radius 2 is 2.33 bits per heavy atom. The number of aliphatic hydroxyl groups excluding tert-OH is 1. The first-order valence-corrected chi connectivity index (χ1v) is 7.11. The lowest BCUT2D eigenvalue weighted by molar-refractivity contribution is -0.380. The number of nitro groups is 1. The van der Waals surface area contributed by atoms with Crippen LogP contribution in [0.15, 0.2) is 28.3 Å². The second kappa shape index (κ2) is 6.05. The van der Waals surface area contributed by atoms with Crippen molar-refractivity contribution >= 4 is 27.7 Å². The van der Waals surface area contributed by atoms with Crippen molar-refractivity contribution in [2.24, 2.45) is 0 Å². The first kappa shape index (κ1) is 13.2. The summed E-state index contributed by atoms with van der Waals surface area (Å²) in [6.45, 7) is 0.950. The summed E-state index contributed by atoms with van der Waals surface area (Å²) >= 11 is 2.66. The molecule has 2 N–H and O–H groups in total. The van der Waals surface area contributed by atoms with Crippen LogP contribution in [0.2, 0.25) is 0 Å². The fourth-order valence-corrected chi connectivity index (χ4v) is 2.92. The second-order valence-electron chi connectivity index (χ2n) is 3.75. The molecular formula is C11H12N2O3S2. The second-order valence-corrected chi connectivity index (χ2v) is 5.42. The van der Waals surface area contributed by atoms with E-state index in [9.17, 15) is 15.2 Å². The quantitative estimate of drug-likeness (QED) is 0.631. The molecule has 18 heavy (non-hydrogen) atoms. The van der Waals surface area contributed by atoms with E-state index in [1.54, 1.807) is 22.8 Å². The molecule has 0 aromatic carbocycles. The molecule has 0 aliphatic rings. The van der Waals surface area contributed by atoms with E-state index in [1.807, 2.05) is 16.8 Å². The summed E-state index contributed by atoms with van der Waals surface area (Å²) in [6, 6.07) is 3.43. The minimum Gasteiger partial charge on any atom is -0.387 e. The molecule has 0 saturated heterocycles. The number of nitrogens with zero attached hydrogens (tertiary/aromatic N) is 1. The van der Waals surface area contributed by atoms with Gasteiger partial charge in [-0.3, -0.25) is 10.1 Å². The van der Waals surface area contributed by atoms with Crippen molar-refractivity contribution in [2.75, 3.05) is 6.54 Å². The minimum absolute atomic E-state index is 0.144. The fraction of sp³-hybridized carbons (Fsp3) is 0.273. The number of rotatable bonds is 6. The Bertz CT molecular complexity index is 510. The van der Waals surface area contributed by atoms with Gasteiger partial charge in [0.2, 0.25) is 0 Å². The highest BCUT2D eigenvalue weighted by Gasteiger charge is 2.10. The maximum atomic E-state index is 10.5. The molecule has 0 aliphatic heterocycles. The average Bonchev–Trinajstić information content (AvgIpc) is 3.00. The molecule has 2 aromatic rings. The van der Waals surface area contributed by atoms with E-state index in [2.05, 4.69) is 5.32 Å². The van der Waals surface area contributed by atoms with E-state index in [0.717, 1.165) is 22.5 Å². The van der Waals surface area contributed by atoms with E-state index in [-0.39, 0.29) is 5.00 Å². The van der Waals surface area contributed by atoms with Crippen LogP contribution in [0.4, 0.5) is 5.00 Å². The molecule has 0 spiro atoms. The smallest absolute Gasteiger partial charge is 0.324 e. The van der Waals surface area contributed by atoms with Crippen LogP contribution in [0, 0.1) is 10.1 Å². The third-order valence-corrected chi connectivity index (χ3v) is 4.05. The maximum Gasteiger partial charge on any atom is 0.324 e. The molecular weight excluding hydrogens is 272 g/mol. The van der Waals surface area contributed by atoms with Crippen LogP contribution in [-0.4, -0.2) is 16.6 Å². The highest BCUT2D eigenvalue weighted by Crippen LogP contribution is 2.22. The summed E-state index contributed by atoms with van der Waals surface area (Å²) in [5.74, 6) is 0. The maximum absolute atomic E-state index is 10.5. The van der Waals surface area contributed by atoms with Crippen LogP contribution < -0.4 is 5.32 Å². The van der Waals surface area contributed by atoms with E-state index < -0.39 is 11.0 Å². The van der Waals surface area contributed by atoms with Crippen molar-refractivity contribution in [3.05, 3.63) is 49.5 Å². The molecule has 2 heterocycles. The number of nitrogens with one attached hydrogen (secondary N) is 1. The van der Waals surface area contributed by atoms with Crippen LogP contribution in [0.25, 0.3) is 0 Å². The lowest BCUT2D eigenvalue weighted by Crippen LogP contribution is -2.20. The van der Waals surface area contributed by atoms with E-state index in [4.69, 9.17) is 0 Å². The standard InChI is InChI=1S/C11H12N2O3S2/c14-10(9-1-2-17-7-9)5-12-4-8-3-11(13(15)16)18-6-8/h1-3,6-7,10,12,14H,4-5H2. The predicted molar refractivity (Wildman–Crippen MR) is 72.0 cm³/mol. The van der Waals surface area contributed by atoms with Gasteiger partial charge in [-0.1, -0.05) is 11.3 Å². The van der Waals surface area contributed by atoms with Crippen LogP contribution in [0.3, 0.4) is 0 Å². The van der Waals surface area contributed by atoms with Gasteiger partial charge in [-0.25, -0.2) is 0 Å². The predicted octanol–water partition coefficient (Wildman–Crippen LogP) is 2.54. The largest absolute Gasteiger partial charge is 0.387 e. The molecule has 0 amide bonds. The molecule has 1 atom stereocenters. The summed E-state index contributed by atoms with van der Waals surface area (Å²) in [6.07, 6.45) is -0.537. The Balaban J connectivity index is 1.79. The van der Waals surface area contributed by atoms with Gasteiger partial charge in [0.1, 0.15) is 0 Å². The lowest BCUT2D eigenvalue weighted by Gasteiger charge is -2.09. The molecule has 0 radical (unpaired) electrons. The van der Waals surface area contributed by atoms with Crippen molar-refractivity contribution in [1.82, 2.24) is 5.32 Å². The number of aliphatic hydroxyl groups is 1. The molecule has 0 aliphatic carbocycles. The summed E-state index contributed by atoms with van der Waals surface area (Å²) < 4.78 is 0. The molecule has 5 nitrogen and oxygen atoms in total. The van der Waals surface area contributed by atoms with Crippen molar-refractivity contribution in [2.45, 2.75) is 12.6 Å². The zero-order valence-electron chi connectivity index (χ0n) is 9.41. The molecule has 2 rings (SSSR count). The molecule has 1 unspecified atom stereocenters.